The molecular formula is C7H4ClFN2O2S. The number of aromatic nitrogens is 2. The number of fused-ring (bicyclic) bond motifs is 1. The third-order valence-corrected chi connectivity index (χ3v) is 3.08. The van der Waals surface area contributed by atoms with E-state index in [1.807, 2.05) is 0 Å². The fourth-order valence-electron chi connectivity index (χ4n) is 1.16. The molecule has 7 heteroatoms. The molecule has 0 aliphatic heterocycles. The molecule has 0 amide bonds. The summed E-state index contributed by atoms with van der Waals surface area (Å²) >= 11 is 0. The summed E-state index contributed by atoms with van der Waals surface area (Å²) in [5.74, 6) is -0.612. The lowest BCUT2D eigenvalue weighted by Crippen LogP contribution is -1.88. The summed E-state index contributed by atoms with van der Waals surface area (Å²) in [6.07, 6.45) is 2.17. The van der Waals surface area contributed by atoms with Gasteiger partial charge in [0.2, 0.25) is 0 Å². The van der Waals surface area contributed by atoms with E-state index in [0.717, 1.165) is 12.3 Å². The lowest BCUT2D eigenvalue weighted by atomic mass is 10.3. The van der Waals surface area contributed by atoms with Gasteiger partial charge < -0.3 is 4.98 Å². The molecule has 2 rings (SSSR count). The number of pyridine rings is 1. The Kier molecular flexibility index (Phi) is 1.97. The van der Waals surface area contributed by atoms with Gasteiger partial charge in [-0.05, 0) is 6.07 Å². The number of H-pyrrole nitrogens is 1. The molecule has 0 saturated heterocycles. The second-order valence-electron chi connectivity index (χ2n) is 2.64. The Hall–Kier alpha value is -1.14. The second kappa shape index (κ2) is 2.93. The average Bonchev–Trinajstić information content (AvgIpc) is 2.45. The SMILES string of the molecule is O=S(=O)(Cl)c1c[nH]c2ncc(F)cc12. The zero-order valence-electron chi connectivity index (χ0n) is 6.66. The van der Waals surface area contributed by atoms with Crippen LogP contribution in [0.15, 0.2) is 23.4 Å². The standard InChI is InChI=1S/C7H4ClFN2O2S/c8-14(12,13)6-3-11-7-5(6)1-4(9)2-10-7/h1-3H,(H,10,11). The Balaban J connectivity index is 2.87. The fraction of sp³-hybridized carbons (Fsp3) is 0. The summed E-state index contributed by atoms with van der Waals surface area (Å²) in [5, 5.41) is 0.153. The van der Waals surface area contributed by atoms with Gasteiger partial charge in [-0.25, -0.2) is 17.8 Å². The first-order chi connectivity index (χ1) is 6.48. The minimum absolute atomic E-state index is 0.153. The molecule has 0 spiro atoms. The van der Waals surface area contributed by atoms with Crippen LogP contribution in [0.5, 0.6) is 0 Å². The molecule has 0 fully saturated rings. The van der Waals surface area contributed by atoms with E-state index in [4.69, 9.17) is 10.7 Å². The van der Waals surface area contributed by atoms with Gasteiger partial charge in [0.25, 0.3) is 9.05 Å². The van der Waals surface area contributed by atoms with Crippen LogP contribution in [0.25, 0.3) is 11.0 Å². The smallest absolute Gasteiger partial charge is 0.263 e. The lowest BCUT2D eigenvalue weighted by Gasteiger charge is -1.92. The average molecular weight is 235 g/mol. The highest BCUT2D eigenvalue weighted by Crippen LogP contribution is 2.24. The fourth-order valence-corrected chi connectivity index (χ4v) is 2.16. The van der Waals surface area contributed by atoms with Crippen LogP contribution in [0.1, 0.15) is 0 Å². The first-order valence-electron chi connectivity index (χ1n) is 3.56. The normalized spacial score (nSPS) is 12.1. The monoisotopic (exact) mass is 234 g/mol. The number of rotatable bonds is 1. The predicted molar refractivity (Wildman–Crippen MR) is 49.1 cm³/mol. The van der Waals surface area contributed by atoms with Gasteiger partial charge in [-0.3, -0.25) is 0 Å². The molecule has 1 N–H and O–H groups in total. The highest BCUT2D eigenvalue weighted by Gasteiger charge is 2.16. The van der Waals surface area contributed by atoms with Crippen molar-refractivity contribution in [2.24, 2.45) is 0 Å². The van der Waals surface area contributed by atoms with E-state index in [-0.39, 0.29) is 15.9 Å². The second-order valence-corrected chi connectivity index (χ2v) is 5.17. The molecule has 0 atom stereocenters. The minimum atomic E-state index is -3.87. The van der Waals surface area contributed by atoms with Crippen LogP contribution in [0.3, 0.4) is 0 Å². The van der Waals surface area contributed by atoms with Crippen molar-refractivity contribution in [2.45, 2.75) is 4.90 Å². The van der Waals surface area contributed by atoms with Crippen LogP contribution in [0, 0.1) is 5.82 Å². The number of nitrogens with one attached hydrogen (secondary N) is 1. The van der Waals surface area contributed by atoms with Gasteiger partial charge in [0.05, 0.1) is 6.20 Å². The summed E-state index contributed by atoms with van der Waals surface area (Å²) in [6.45, 7) is 0. The Morgan fingerprint density at radius 2 is 2.21 bits per heavy atom. The third-order valence-electron chi connectivity index (χ3n) is 1.72. The molecule has 2 heterocycles. The number of halogens is 2. The summed E-state index contributed by atoms with van der Waals surface area (Å²) in [5.41, 5.74) is 0.283. The van der Waals surface area contributed by atoms with E-state index in [0.29, 0.717) is 0 Å². The number of nitrogens with zero attached hydrogens (tertiary/aromatic N) is 1. The molecule has 2 aromatic heterocycles. The van der Waals surface area contributed by atoms with E-state index in [1.165, 1.54) is 6.20 Å². The van der Waals surface area contributed by atoms with Gasteiger partial charge in [0, 0.05) is 22.3 Å². The predicted octanol–water partition coefficient (Wildman–Crippen LogP) is 1.63. The number of aromatic amines is 1. The molecular weight excluding hydrogens is 231 g/mol. The Morgan fingerprint density at radius 1 is 1.50 bits per heavy atom. The largest absolute Gasteiger partial charge is 0.345 e. The molecule has 2 aromatic rings. The maximum absolute atomic E-state index is 12.8. The van der Waals surface area contributed by atoms with E-state index in [1.54, 1.807) is 0 Å². The van der Waals surface area contributed by atoms with Gasteiger partial charge in [-0.2, -0.15) is 0 Å². The zero-order chi connectivity index (χ0) is 10.3. The maximum Gasteiger partial charge on any atom is 0.263 e. The van der Waals surface area contributed by atoms with Crippen LogP contribution in [0.4, 0.5) is 4.39 Å². The molecule has 4 nitrogen and oxygen atoms in total. The molecule has 0 aliphatic carbocycles. The van der Waals surface area contributed by atoms with Crippen LogP contribution in [0.2, 0.25) is 0 Å². The van der Waals surface area contributed by atoms with Crippen molar-refractivity contribution in [1.29, 1.82) is 0 Å². The van der Waals surface area contributed by atoms with Crippen LogP contribution >= 0.6 is 10.7 Å². The maximum atomic E-state index is 12.8. The van der Waals surface area contributed by atoms with Crippen molar-refractivity contribution in [3.8, 4) is 0 Å². The zero-order valence-corrected chi connectivity index (χ0v) is 8.23. The molecule has 0 radical (unpaired) electrons. The molecule has 74 valence electrons. The van der Waals surface area contributed by atoms with Gasteiger partial charge in [-0.1, -0.05) is 0 Å². The van der Waals surface area contributed by atoms with Crippen LogP contribution in [-0.4, -0.2) is 18.4 Å². The Bertz CT molecular complexity index is 593. The molecule has 0 bridgehead atoms. The summed E-state index contributed by atoms with van der Waals surface area (Å²) in [7, 11) is 1.26. The molecule has 14 heavy (non-hydrogen) atoms. The van der Waals surface area contributed by atoms with Gasteiger partial charge >= 0.3 is 0 Å². The van der Waals surface area contributed by atoms with Crippen molar-refractivity contribution >= 4 is 30.8 Å². The summed E-state index contributed by atoms with van der Waals surface area (Å²) in [4.78, 5) is 6.08. The molecule has 0 aromatic carbocycles. The van der Waals surface area contributed by atoms with Crippen molar-refractivity contribution in [1.82, 2.24) is 9.97 Å². The van der Waals surface area contributed by atoms with Crippen molar-refractivity contribution in [2.75, 3.05) is 0 Å². The van der Waals surface area contributed by atoms with E-state index in [9.17, 15) is 12.8 Å². The highest BCUT2D eigenvalue weighted by molar-refractivity contribution is 8.14. The first kappa shape index (κ1) is 9.42. The van der Waals surface area contributed by atoms with Gasteiger partial charge in [-0.15, -0.1) is 0 Å². The van der Waals surface area contributed by atoms with E-state index < -0.39 is 14.9 Å². The Labute approximate surface area is 83.1 Å². The quantitative estimate of drug-likeness (QED) is 0.763. The summed E-state index contributed by atoms with van der Waals surface area (Å²) < 4.78 is 34.8. The minimum Gasteiger partial charge on any atom is -0.345 e. The molecule has 0 saturated carbocycles. The third kappa shape index (κ3) is 1.46. The van der Waals surface area contributed by atoms with Crippen LogP contribution in [-0.2, 0) is 9.05 Å². The first-order valence-corrected chi connectivity index (χ1v) is 5.87. The van der Waals surface area contributed by atoms with Gasteiger partial charge in [0.15, 0.2) is 0 Å². The van der Waals surface area contributed by atoms with Crippen LogP contribution < -0.4 is 0 Å². The number of hydrogen-bond acceptors (Lipinski definition) is 3. The molecule has 0 unspecified atom stereocenters. The molecule has 0 aliphatic rings. The van der Waals surface area contributed by atoms with E-state index >= 15 is 0 Å². The van der Waals surface area contributed by atoms with Crippen molar-refractivity contribution < 1.29 is 12.8 Å². The topological polar surface area (TPSA) is 62.8 Å². The van der Waals surface area contributed by atoms with Crippen molar-refractivity contribution in [3.05, 3.63) is 24.3 Å². The summed E-state index contributed by atoms with van der Waals surface area (Å²) in [6, 6.07) is 1.06. The Morgan fingerprint density at radius 3 is 2.86 bits per heavy atom. The van der Waals surface area contributed by atoms with E-state index in [2.05, 4.69) is 9.97 Å². The number of hydrogen-bond donors (Lipinski definition) is 1. The van der Waals surface area contributed by atoms with Gasteiger partial charge in [0.1, 0.15) is 16.4 Å². The lowest BCUT2D eigenvalue weighted by molar-refractivity contribution is 0.610. The van der Waals surface area contributed by atoms with Crippen molar-refractivity contribution in [3.63, 3.8) is 0 Å². The highest BCUT2D eigenvalue weighted by atomic mass is 35.7.